The number of fused-ring (bicyclic) bond motifs is 1. The highest BCUT2D eigenvalue weighted by Crippen LogP contribution is 2.30. The summed E-state index contributed by atoms with van der Waals surface area (Å²) in [6.45, 7) is 2.34. The maximum Gasteiger partial charge on any atom is 0.338 e. The van der Waals surface area contributed by atoms with E-state index in [2.05, 4.69) is 0 Å². The van der Waals surface area contributed by atoms with Gasteiger partial charge in [0.2, 0.25) is 10.0 Å². The van der Waals surface area contributed by atoms with Gasteiger partial charge in [0.15, 0.2) is 5.78 Å². The molecule has 0 fully saturated rings. The Kier molecular flexibility index (Phi) is 5.50. The third-order valence-electron chi connectivity index (χ3n) is 3.92. The molecule has 1 aromatic carbocycles. The summed E-state index contributed by atoms with van der Waals surface area (Å²) in [5.74, 6) is -1.70. The van der Waals surface area contributed by atoms with E-state index in [0.29, 0.717) is 24.2 Å². The number of ketones is 1. The number of aliphatic hydroxyl groups is 1. The van der Waals surface area contributed by atoms with Gasteiger partial charge in [-0.1, -0.05) is 0 Å². The Bertz CT molecular complexity index is 901. The topological polar surface area (TPSA) is 125 Å². The third-order valence-corrected chi connectivity index (χ3v) is 5.10. The number of rotatable bonds is 6. The first-order chi connectivity index (χ1) is 12.0. The second-order valence-electron chi connectivity index (χ2n) is 6.01. The number of nitrogens with zero attached hydrogens (tertiary/aromatic N) is 1. The van der Waals surface area contributed by atoms with Crippen LogP contribution in [-0.2, 0) is 26.0 Å². The van der Waals surface area contributed by atoms with Crippen molar-refractivity contribution >= 4 is 33.2 Å². The summed E-state index contributed by atoms with van der Waals surface area (Å²) in [5, 5.41) is 17.4. The van der Waals surface area contributed by atoms with Gasteiger partial charge in [-0.3, -0.25) is 9.10 Å². The van der Waals surface area contributed by atoms with Crippen LogP contribution >= 0.6 is 0 Å². The number of carbonyl (C=O) groups is 2. The van der Waals surface area contributed by atoms with Crippen LogP contribution in [0.5, 0.6) is 0 Å². The first kappa shape index (κ1) is 19.6. The zero-order chi connectivity index (χ0) is 19.6. The van der Waals surface area contributed by atoms with Crippen molar-refractivity contribution in [1.82, 2.24) is 0 Å². The van der Waals surface area contributed by atoms with E-state index in [1.54, 1.807) is 12.1 Å². The predicted octanol–water partition coefficient (Wildman–Crippen LogP) is 1.61. The van der Waals surface area contributed by atoms with Gasteiger partial charge in [0.1, 0.15) is 12.4 Å². The van der Waals surface area contributed by atoms with Gasteiger partial charge in [0.25, 0.3) is 0 Å². The highest BCUT2D eigenvalue weighted by atomic mass is 32.2. The van der Waals surface area contributed by atoms with Gasteiger partial charge in [-0.25, -0.2) is 13.2 Å². The average molecular weight is 380 g/mol. The molecule has 2 N–H and O–H groups in total. The van der Waals surface area contributed by atoms with E-state index in [4.69, 9.17) is 10.1 Å². The molecule has 2 rings (SSSR count). The predicted molar refractivity (Wildman–Crippen MR) is 96.4 cm³/mol. The SMILES string of the molecule is CC(=N)/C(C(C)=O)=C(/O)COC(=O)c1ccc2c(c1)CCN2S(C)(=O)=O. The van der Waals surface area contributed by atoms with Crippen LogP contribution in [0.1, 0.15) is 29.8 Å². The molecule has 1 aromatic rings. The lowest BCUT2D eigenvalue weighted by atomic mass is 10.1. The molecule has 1 aliphatic rings. The van der Waals surface area contributed by atoms with Crippen molar-refractivity contribution in [3.05, 3.63) is 40.7 Å². The molecule has 0 unspecified atom stereocenters. The van der Waals surface area contributed by atoms with Gasteiger partial charge >= 0.3 is 5.97 Å². The Morgan fingerprint density at radius 3 is 2.50 bits per heavy atom. The molecule has 0 aliphatic carbocycles. The van der Waals surface area contributed by atoms with E-state index < -0.39 is 34.1 Å². The lowest BCUT2D eigenvalue weighted by Crippen LogP contribution is -2.27. The summed E-state index contributed by atoms with van der Waals surface area (Å²) in [4.78, 5) is 23.6. The third kappa shape index (κ3) is 4.10. The summed E-state index contributed by atoms with van der Waals surface area (Å²) in [6, 6.07) is 4.54. The largest absolute Gasteiger partial charge is 0.508 e. The van der Waals surface area contributed by atoms with Gasteiger partial charge in [-0.2, -0.15) is 0 Å². The van der Waals surface area contributed by atoms with Gasteiger partial charge in [-0.05, 0) is 44.0 Å². The Morgan fingerprint density at radius 1 is 1.31 bits per heavy atom. The minimum absolute atomic E-state index is 0.121. The molecule has 0 bridgehead atoms. The Morgan fingerprint density at radius 2 is 1.96 bits per heavy atom. The molecule has 1 aliphatic heterocycles. The molecule has 140 valence electrons. The van der Waals surface area contributed by atoms with Gasteiger partial charge in [-0.15, -0.1) is 0 Å². The fraction of sp³-hybridized carbons (Fsp3) is 0.353. The van der Waals surface area contributed by atoms with Gasteiger partial charge < -0.3 is 15.3 Å². The van der Waals surface area contributed by atoms with Crippen molar-refractivity contribution in [3.63, 3.8) is 0 Å². The number of nitrogens with one attached hydrogen (secondary N) is 1. The van der Waals surface area contributed by atoms with E-state index >= 15 is 0 Å². The van der Waals surface area contributed by atoms with Crippen LogP contribution in [0.3, 0.4) is 0 Å². The summed E-state index contributed by atoms with van der Waals surface area (Å²) >= 11 is 0. The lowest BCUT2D eigenvalue weighted by Gasteiger charge is -2.16. The maximum atomic E-state index is 12.2. The summed E-state index contributed by atoms with van der Waals surface area (Å²) in [7, 11) is -3.37. The zero-order valence-electron chi connectivity index (χ0n) is 14.7. The highest BCUT2D eigenvalue weighted by molar-refractivity contribution is 7.92. The first-order valence-electron chi connectivity index (χ1n) is 7.78. The minimum Gasteiger partial charge on any atom is -0.508 e. The van der Waals surface area contributed by atoms with Crippen molar-refractivity contribution in [1.29, 1.82) is 5.41 Å². The van der Waals surface area contributed by atoms with Gasteiger partial charge in [0.05, 0.1) is 23.1 Å². The normalized spacial score (nSPS) is 14.5. The number of anilines is 1. The fourth-order valence-electron chi connectivity index (χ4n) is 2.82. The number of sulfonamides is 1. The number of hydrogen-bond donors (Lipinski definition) is 2. The van der Waals surface area contributed by atoms with E-state index in [9.17, 15) is 23.1 Å². The van der Waals surface area contributed by atoms with Crippen LogP contribution in [-0.4, -0.2) is 50.4 Å². The maximum absolute atomic E-state index is 12.2. The molecule has 0 saturated heterocycles. The van der Waals surface area contributed by atoms with E-state index in [0.717, 1.165) is 6.26 Å². The van der Waals surface area contributed by atoms with Gasteiger partial charge in [0, 0.05) is 12.3 Å². The van der Waals surface area contributed by atoms with Crippen LogP contribution in [0.2, 0.25) is 0 Å². The lowest BCUT2D eigenvalue weighted by molar-refractivity contribution is -0.113. The van der Waals surface area contributed by atoms with Crippen LogP contribution in [0.4, 0.5) is 5.69 Å². The standard InChI is InChI=1S/C17H20N2O6S/c1-10(18)16(11(2)20)15(21)9-25-17(22)13-4-5-14-12(8-13)6-7-19(14)26(3,23)24/h4-5,8,18,21H,6-7,9H2,1-3H3/b16-15-,18-10?. The van der Waals surface area contributed by atoms with E-state index in [-0.39, 0.29) is 16.8 Å². The number of ether oxygens (including phenoxy) is 1. The van der Waals surface area contributed by atoms with Crippen LogP contribution in [0.25, 0.3) is 0 Å². The smallest absolute Gasteiger partial charge is 0.338 e. The molecule has 0 saturated carbocycles. The van der Waals surface area contributed by atoms with Crippen LogP contribution in [0.15, 0.2) is 29.5 Å². The number of benzene rings is 1. The Balaban J connectivity index is 2.16. The summed E-state index contributed by atoms with van der Waals surface area (Å²) in [5.41, 5.74) is 1.15. The van der Waals surface area contributed by atoms with Crippen LogP contribution in [0, 0.1) is 5.41 Å². The molecule has 8 nitrogen and oxygen atoms in total. The van der Waals surface area contributed by atoms with E-state index in [1.807, 2.05) is 0 Å². The molecule has 0 spiro atoms. The quantitative estimate of drug-likeness (QED) is 0.334. The highest BCUT2D eigenvalue weighted by Gasteiger charge is 2.27. The van der Waals surface area contributed by atoms with Crippen molar-refractivity contribution in [3.8, 4) is 0 Å². The number of Topliss-reactive ketones (excluding diaryl/α,β-unsaturated/α-hetero) is 1. The van der Waals surface area contributed by atoms with Crippen molar-refractivity contribution < 1.29 is 27.9 Å². The summed E-state index contributed by atoms with van der Waals surface area (Å²) < 4.78 is 29.7. The van der Waals surface area contributed by atoms with Crippen molar-refractivity contribution in [2.75, 3.05) is 23.7 Å². The van der Waals surface area contributed by atoms with Crippen LogP contribution < -0.4 is 4.31 Å². The molecule has 0 amide bonds. The molecule has 0 radical (unpaired) electrons. The molecule has 26 heavy (non-hydrogen) atoms. The monoisotopic (exact) mass is 380 g/mol. The molecule has 9 heteroatoms. The van der Waals surface area contributed by atoms with Crippen molar-refractivity contribution in [2.24, 2.45) is 0 Å². The Hall–Kier alpha value is -2.68. The average Bonchev–Trinajstić information content (AvgIpc) is 2.94. The second-order valence-corrected chi connectivity index (χ2v) is 7.91. The Labute approximate surface area is 151 Å². The molecule has 1 heterocycles. The summed E-state index contributed by atoms with van der Waals surface area (Å²) in [6.07, 6.45) is 1.60. The molecule has 0 atom stereocenters. The number of carbonyl (C=O) groups excluding carboxylic acids is 2. The van der Waals surface area contributed by atoms with Crippen molar-refractivity contribution in [2.45, 2.75) is 20.3 Å². The number of hydrogen-bond acceptors (Lipinski definition) is 7. The molecular formula is C17H20N2O6S. The zero-order valence-corrected chi connectivity index (χ0v) is 15.5. The molecule has 0 aromatic heterocycles. The minimum atomic E-state index is -3.37. The second kappa shape index (κ2) is 7.28. The number of aliphatic hydroxyl groups excluding tert-OH is 1. The number of esters is 1. The molecular weight excluding hydrogens is 360 g/mol. The number of allylic oxidation sites excluding steroid dienone is 1. The first-order valence-corrected chi connectivity index (χ1v) is 9.63. The fourth-order valence-corrected chi connectivity index (χ4v) is 3.77. The van der Waals surface area contributed by atoms with E-state index in [1.165, 1.54) is 24.2 Å².